The third-order valence-electron chi connectivity index (χ3n) is 10.5. The Morgan fingerprint density at radius 1 is 0.308 bits per heavy atom. The van der Waals surface area contributed by atoms with Crippen LogP contribution in [0.15, 0.2) is 146 Å². The maximum Gasteiger partial charge on any atom is 0.342 e. The van der Waals surface area contributed by atoms with E-state index in [1.54, 1.807) is 0 Å². The molecule has 0 atom stereocenters. The average Bonchev–Trinajstić information content (AvgIpc) is 3.15. The third kappa shape index (κ3) is 6.40. The van der Waals surface area contributed by atoms with Gasteiger partial charge in [0.1, 0.15) is 46.4 Å². The highest BCUT2D eigenvalue weighted by atomic mass is 31.2. The fourth-order valence-corrected chi connectivity index (χ4v) is 15.3. The predicted octanol–water partition coefficient (Wildman–Crippen LogP) is 8.60. The minimum absolute atomic E-state index is 0.239. The van der Waals surface area contributed by atoms with Gasteiger partial charge in [-0.15, -0.1) is 0 Å². The lowest BCUT2D eigenvalue weighted by Crippen LogP contribution is -2.66. The molecule has 4 nitrogen and oxygen atoms in total. The van der Waals surface area contributed by atoms with Crippen molar-refractivity contribution in [2.75, 3.05) is 12.6 Å². The highest BCUT2D eigenvalue weighted by Gasteiger charge is 2.59. The number of urea groups is 2. The van der Waals surface area contributed by atoms with Crippen LogP contribution in [0.3, 0.4) is 0 Å². The molecule has 1 fully saturated rings. The third-order valence-corrected chi connectivity index (χ3v) is 19.0. The number of carbonyl (C=O) groups excluding carboxylic acids is 2. The van der Waals surface area contributed by atoms with Crippen molar-refractivity contribution >= 4 is 58.4 Å². The molecule has 0 spiro atoms. The summed E-state index contributed by atoms with van der Waals surface area (Å²) in [5.41, 5.74) is 7.00. The Hall–Kier alpha value is -4.88. The molecule has 0 unspecified atom stereocenters. The first-order valence-corrected chi connectivity index (χ1v) is 21.8. The number of aryl methyl sites for hydroxylation is 6. The molecule has 1 saturated heterocycles. The topological polar surface area (TPSA) is 40.6 Å². The van der Waals surface area contributed by atoms with Crippen LogP contribution in [0.1, 0.15) is 33.4 Å². The summed E-state index contributed by atoms with van der Waals surface area (Å²) in [7, 11) is -5.02. The monoisotopic (exact) mass is 720 g/mol. The van der Waals surface area contributed by atoms with Crippen LogP contribution in [-0.4, -0.2) is 34.4 Å². The molecule has 0 N–H and O–H groups in total. The van der Waals surface area contributed by atoms with Crippen LogP contribution in [0, 0.1) is 41.5 Å². The van der Waals surface area contributed by atoms with Crippen LogP contribution in [-0.2, 0) is 0 Å². The normalized spacial score (nSPS) is 13.3. The van der Waals surface area contributed by atoms with Crippen LogP contribution in [0.5, 0.6) is 0 Å². The van der Waals surface area contributed by atoms with Gasteiger partial charge in [-0.2, -0.15) is 0 Å². The standard InChI is InChI=1S/C46H46N2O2P2/c1-33-7-19-39(20-8-33)51(40-21-9-34(2)10-22-40,41-23-11-35(3)12-24-41)31-47-45(49)48(46(47)50)32-52(42-25-13-36(4)14-26-42,43-27-15-37(5)16-28-43)44-29-17-38(6)18-30-44/h7-30H,31-32H2,1-6H3/q+2. The summed E-state index contributed by atoms with van der Waals surface area (Å²) in [5, 5.41) is 6.86. The molecule has 0 bridgehead atoms. The van der Waals surface area contributed by atoms with Crippen molar-refractivity contribution in [3.8, 4) is 0 Å². The van der Waals surface area contributed by atoms with Crippen LogP contribution >= 0.6 is 14.5 Å². The van der Waals surface area contributed by atoms with Crippen molar-refractivity contribution in [3.63, 3.8) is 0 Å². The predicted molar refractivity (Wildman–Crippen MR) is 223 cm³/mol. The van der Waals surface area contributed by atoms with Crippen molar-refractivity contribution in [1.29, 1.82) is 0 Å². The van der Waals surface area contributed by atoms with Crippen LogP contribution < -0.4 is 31.8 Å². The van der Waals surface area contributed by atoms with Crippen molar-refractivity contribution < 1.29 is 9.59 Å². The largest absolute Gasteiger partial charge is 0.342 e. The first-order chi connectivity index (χ1) is 25.0. The summed E-state index contributed by atoms with van der Waals surface area (Å²) < 4.78 is 0. The summed E-state index contributed by atoms with van der Waals surface area (Å²) in [5.74, 6) is 0. The van der Waals surface area contributed by atoms with Crippen molar-refractivity contribution in [3.05, 3.63) is 179 Å². The lowest BCUT2D eigenvalue weighted by molar-refractivity contribution is 0.120. The lowest BCUT2D eigenvalue weighted by atomic mass is 10.2. The maximum absolute atomic E-state index is 14.7. The number of carbonyl (C=O) groups is 2. The Morgan fingerprint density at radius 3 is 0.615 bits per heavy atom. The number of rotatable bonds is 10. The van der Waals surface area contributed by atoms with Crippen LogP contribution in [0.4, 0.5) is 9.59 Å². The molecule has 1 aliphatic rings. The second-order valence-corrected chi connectivity index (χ2v) is 21.2. The number of benzene rings is 6. The van der Waals surface area contributed by atoms with Crippen molar-refractivity contribution in [2.24, 2.45) is 0 Å². The van der Waals surface area contributed by atoms with E-state index in [1.807, 2.05) is 0 Å². The molecule has 0 aliphatic carbocycles. The Morgan fingerprint density at radius 2 is 0.462 bits per heavy atom. The highest BCUT2D eigenvalue weighted by Crippen LogP contribution is 2.59. The molecule has 0 radical (unpaired) electrons. The zero-order valence-electron chi connectivity index (χ0n) is 30.9. The Bertz CT molecular complexity index is 1810. The van der Waals surface area contributed by atoms with Gasteiger partial charge in [0.05, 0.1) is 0 Å². The quantitative estimate of drug-likeness (QED) is 0.133. The molecule has 6 aromatic rings. The van der Waals surface area contributed by atoms with E-state index in [-0.39, 0.29) is 12.1 Å². The summed E-state index contributed by atoms with van der Waals surface area (Å²) in [6.07, 6.45) is 0.586. The number of hydrogen-bond acceptors (Lipinski definition) is 2. The lowest BCUT2D eigenvalue weighted by Gasteiger charge is -2.43. The van der Waals surface area contributed by atoms with E-state index < -0.39 is 14.5 Å². The minimum atomic E-state index is -2.51. The average molecular weight is 721 g/mol. The Kier molecular flexibility index (Phi) is 9.75. The summed E-state index contributed by atoms with van der Waals surface area (Å²) in [6.45, 7) is 12.5. The second kappa shape index (κ2) is 14.3. The summed E-state index contributed by atoms with van der Waals surface area (Å²) in [6, 6.07) is 51.5. The number of imide groups is 2. The minimum Gasteiger partial charge on any atom is -0.247 e. The van der Waals surface area contributed by atoms with Gasteiger partial charge in [0.2, 0.25) is 0 Å². The van der Waals surface area contributed by atoms with Gasteiger partial charge in [0, 0.05) is 0 Å². The molecule has 4 amide bonds. The van der Waals surface area contributed by atoms with Crippen molar-refractivity contribution in [1.82, 2.24) is 9.80 Å². The first-order valence-electron chi connectivity index (χ1n) is 17.8. The molecule has 52 heavy (non-hydrogen) atoms. The Balaban J connectivity index is 1.35. The number of hydrogen-bond donors (Lipinski definition) is 0. The zero-order chi connectivity index (χ0) is 36.6. The molecule has 260 valence electrons. The summed E-state index contributed by atoms with van der Waals surface area (Å²) in [4.78, 5) is 32.4. The van der Waals surface area contributed by atoms with Gasteiger partial charge in [-0.25, -0.2) is 19.4 Å². The molecule has 0 aromatic heterocycles. The van der Waals surface area contributed by atoms with Gasteiger partial charge in [0.25, 0.3) is 0 Å². The maximum atomic E-state index is 14.7. The van der Waals surface area contributed by atoms with Crippen molar-refractivity contribution in [2.45, 2.75) is 41.5 Å². The molecular weight excluding hydrogens is 674 g/mol. The van der Waals surface area contributed by atoms with E-state index in [1.165, 1.54) is 43.2 Å². The SMILES string of the molecule is Cc1ccc([P+](CN2C(=O)N(C[P+](c3ccc(C)cc3)(c3ccc(C)cc3)c3ccc(C)cc3)C2=O)(c2ccc(C)cc2)c2ccc(C)cc2)cc1. The van der Waals surface area contributed by atoms with E-state index >= 15 is 0 Å². The fraction of sp³-hybridized carbons (Fsp3) is 0.174. The van der Waals surface area contributed by atoms with E-state index in [0.717, 1.165) is 31.8 Å². The van der Waals surface area contributed by atoms with Crippen LogP contribution in [0.2, 0.25) is 0 Å². The smallest absolute Gasteiger partial charge is 0.247 e. The molecule has 0 saturated carbocycles. The first kappa shape index (κ1) is 35.5. The molecule has 6 aromatic carbocycles. The van der Waals surface area contributed by atoms with E-state index in [9.17, 15) is 9.59 Å². The second-order valence-electron chi connectivity index (χ2n) is 14.3. The molecular formula is C46H46N2O2P2+2. The van der Waals surface area contributed by atoms with E-state index in [4.69, 9.17) is 0 Å². The molecule has 6 heteroatoms. The number of amides is 4. The van der Waals surface area contributed by atoms with E-state index in [0.29, 0.717) is 12.6 Å². The molecule has 1 aliphatic heterocycles. The van der Waals surface area contributed by atoms with Crippen LogP contribution in [0.25, 0.3) is 0 Å². The highest BCUT2D eigenvalue weighted by molar-refractivity contribution is 7.96. The van der Waals surface area contributed by atoms with Gasteiger partial charge < -0.3 is 0 Å². The van der Waals surface area contributed by atoms with Gasteiger partial charge in [-0.3, -0.25) is 0 Å². The van der Waals surface area contributed by atoms with E-state index in [2.05, 4.69) is 187 Å². The fourth-order valence-electron chi connectivity index (χ4n) is 7.26. The van der Waals surface area contributed by atoms with Gasteiger partial charge in [0.15, 0.2) is 12.6 Å². The van der Waals surface area contributed by atoms with Gasteiger partial charge >= 0.3 is 12.1 Å². The van der Waals surface area contributed by atoms with Gasteiger partial charge in [-0.05, 0) is 114 Å². The number of nitrogens with zero attached hydrogens (tertiary/aromatic N) is 2. The molecule has 1 heterocycles. The zero-order valence-corrected chi connectivity index (χ0v) is 32.7. The summed E-state index contributed by atoms with van der Waals surface area (Å²) >= 11 is 0. The van der Waals surface area contributed by atoms with Gasteiger partial charge in [-0.1, -0.05) is 106 Å². The molecule has 7 rings (SSSR count). The Labute approximate surface area is 309 Å².